The SMILES string of the molecule is CC(C)(C)OC(=O)Nc1sc2nc(C(F)(F)F)ccc2c1C=O. The second-order valence-corrected chi connectivity index (χ2v) is 6.64. The van der Waals surface area contributed by atoms with Gasteiger partial charge in [-0.05, 0) is 32.9 Å². The number of nitrogens with zero attached hydrogens (tertiary/aromatic N) is 1. The quantitative estimate of drug-likeness (QED) is 0.815. The van der Waals surface area contributed by atoms with Crippen LogP contribution in [0.4, 0.5) is 23.0 Å². The van der Waals surface area contributed by atoms with Gasteiger partial charge in [0.1, 0.15) is 21.1 Å². The van der Waals surface area contributed by atoms with Crippen molar-refractivity contribution >= 4 is 38.9 Å². The number of carbonyl (C=O) groups excluding carboxylic acids is 2. The molecule has 0 bridgehead atoms. The van der Waals surface area contributed by atoms with Crippen LogP contribution in [-0.2, 0) is 10.9 Å². The lowest BCUT2D eigenvalue weighted by molar-refractivity contribution is -0.140. The Morgan fingerprint density at radius 1 is 1.30 bits per heavy atom. The third kappa shape index (κ3) is 3.98. The first-order valence-corrected chi connectivity index (χ1v) is 7.29. The van der Waals surface area contributed by atoms with E-state index in [1.165, 1.54) is 0 Å². The number of hydrogen-bond donors (Lipinski definition) is 1. The first-order valence-electron chi connectivity index (χ1n) is 6.47. The highest BCUT2D eigenvalue weighted by molar-refractivity contribution is 7.23. The normalized spacial score (nSPS) is 12.3. The highest BCUT2D eigenvalue weighted by atomic mass is 32.1. The number of alkyl halides is 3. The third-order valence-corrected chi connectivity index (χ3v) is 3.65. The predicted octanol–water partition coefficient (Wildman–Crippen LogP) is 4.47. The summed E-state index contributed by atoms with van der Waals surface area (Å²) in [6.07, 6.45) is -4.93. The minimum absolute atomic E-state index is 0.00739. The Morgan fingerprint density at radius 3 is 2.48 bits per heavy atom. The van der Waals surface area contributed by atoms with Gasteiger partial charge in [-0.3, -0.25) is 10.1 Å². The fourth-order valence-electron chi connectivity index (χ4n) is 1.76. The molecule has 0 saturated heterocycles. The number of pyridine rings is 1. The molecular formula is C14H13F3N2O3S. The number of halogens is 3. The van der Waals surface area contributed by atoms with E-state index in [1.54, 1.807) is 20.8 Å². The second kappa shape index (κ2) is 5.80. The van der Waals surface area contributed by atoms with Gasteiger partial charge in [0.15, 0.2) is 6.29 Å². The lowest BCUT2D eigenvalue weighted by Gasteiger charge is -2.19. The average Bonchev–Trinajstić information content (AvgIpc) is 2.70. The molecule has 0 spiro atoms. The van der Waals surface area contributed by atoms with E-state index in [1.807, 2.05) is 0 Å². The van der Waals surface area contributed by atoms with Crippen molar-refractivity contribution < 1.29 is 27.5 Å². The smallest absolute Gasteiger partial charge is 0.433 e. The molecule has 1 N–H and O–H groups in total. The van der Waals surface area contributed by atoms with E-state index in [2.05, 4.69) is 10.3 Å². The first-order chi connectivity index (χ1) is 10.5. The lowest BCUT2D eigenvalue weighted by atomic mass is 10.2. The molecule has 0 radical (unpaired) electrons. The molecule has 2 aromatic rings. The zero-order valence-electron chi connectivity index (χ0n) is 12.4. The van der Waals surface area contributed by atoms with E-state index < -0.39 is 23.6 Å². The molecule has 0 atom stereocenters. The van der Waals surface area contributed by atoms with Crippen LogP contribution in [0.1, 0.15) is 36.8 Å². The number of carbonyl (C=O) groups is 2. The van der Waals surface area contributed by atoms with E-state index in [-0.39, 0.29) is 20.8 Å². The molecule has 9 heteroatoms. The van der Waals surface area contributed by atoms with Crippen LogP contribution in [0.5, 0.6) is 0 Å². The molecule has 5 nitrogen and oxygen atoms in total. The first kappa shape index (κ1) is 17.2. The number of thiophene rings is 1. The molecule has 0 aliphatic rings. The molecule has 0 aliphatic heterocycles. The molecule has 0 aliphatic carbocycles. The topological polar surface area (TPSA) is 68.3 Å². The van der Waals surface area contributed by atoms with E-state index in [0.717, 1.165) is 23.5 Å². The Balaban J connectivity index is 2.41. The van der Waals surface area contributed by atoms with Crippen LogP contribution in [0.2, 0.25) is 0 Å². The van der Waals surface area contributed by atoms with E-state index in [4.69, 9.17) is 4.74 Å². The van der Waals surface area contributed by atoms with Gasteiger partial charge in [0.2, 0.25) is 0 Å². The summed E-state index contributed by atoms with van der Waals surface area (Å²) in [4.78, 5) is 26.5. The molecule has 0 unspecified atom stereocenters. The Labute approximate surface area is 133 Å². The average molecular weight is 346 g/mol. The minimum Gasteiger partial charge on any atom is -0.444 e. The van der Waals surface area contributed by atoms with Crippen LogP contribution in [0.15, 0.2) is 12.1 Å². The Kier molecular flexibility index (Phi) is 4.34. The van der Waals surface area contributed by atoms with Gasteiger partial charge in [-0.2, -0.15) is 13.2 Å². The number of fused-ring (bicyclic) bond motifs is 1. The standard InChI is InChI=1S/C14H13F3N2O3S/c1-13(2,3)22-12(21)19-11-8(6-20)7-4-5-9(14(15,16)17)18-10(7)23-11/h4-6H,1-3H3,(H,19,21). The molecule has 1 amide bonds. The van der Waals surface area contributed by atoms with E-state index >= 15 is 0 Å². The van der Waals surface area contributed by atoms with Gasteiger partial charge >= 0.3 is 12.3 Å². The Bertz CT molecular complexity index is 763. The fourth-order valence-corrected chi connectivity index (χ4v) is 2.79. The molecule has 23 heavy (non-hydrogen) atoms. The number of hydrogen-bond acceptors (Lipinski definition) is 5. The number of anilines is 1. The molecule has 0 aromatic carbocycles. The van der Waals surface area contributed by atoms with Crippen LogP contribution >= 0.6 is 11.3 Å². The van der Waals surface area contributed by atoms with Crippen molar-refractivity contribution in [2.45, 2.75) is 32.5 Å². The highest BCUT2D eigenvalue weighted by Crippen LogP contribution is 2.36. The van der Waals surface area contributed by atoms with Crippen LogP contribution < -0.4 is 5.32 Å². The van der Waals surface area contributed by atoms with Gasteiger partial charge in [0.05, 0.1) is 5.56 Å². The molecule has 2 rings (SSSR count). The largest absolute Gasteiger partial charge is 0.444 e. The summed E-state index contributed by atoms with van der Waals surface area (Å²) in [5, 5.41) is 2.70. The van der Waals surface area contributed by atoms with E-state index in [0.29, 0.717) is 6.29 Å². The number of nitrogens with one attached hydrogen (secondary N) is 1. The minimum atomic E-state index is -4.59. The summed E-state index contributed by atoms with van der Waals surface area (Å²) >= 11 is 0.779. The van der Waals surface area contributed by atoms with Gasteiger partial charge in [0, 0.05) is 5.39 Å². The van der Waals surface area contributed by atoms with Gasteiger partial charge in [-0.25, -0.2) is 9.78 Å². The zero-order chi connectivity index (χ0) is 17.4. The van der Waals surface area contributed by atoms with Crippen LogP contribution in [-0.4, -0.2) is 23.0 Å². The van der Waals surface area contributed by atoms with Gasteiger partial charge < -0.3 is 4.74 Å². The highest BCUT2D eigenvalue weighted by Gasteiger charge is 2.33. The molecule has 124 valence electrons. The van der Waals surface area contributed by atoms with Gasteiger partial charge in [-0.15, -0.1) is 0 Å². The van der Waals surface area contributed by atoms with Crippen molar-refractivity contribution in [3.8, 4) is 0 Å². The molecule has 2 aromatic heterocycles. The maximum Gasteiger partial charge on any atom is 0.433 e. The van der Waals surface area contributed by atoms with Crippen molar-refractivity contribution in [1.82, 2.24) is 4.98 Å². The third-order valence-electron chi connectivity index (χ3n) is 2.62. The maximum atomic E-state index is 12.7. The van der Waals surface area contributed by atoms with Gasteiger partial charge in [0.25, 0.3) is 0 Å². The summed E-state index contributed by atoms with van der Waals surface area (Å²) in [6, 6.07) is 1.95. The number of aldehydes is 1. The summed E-state index contributed by atoms with van der Waals surface area (Å²) < 4.78 is 43.1. The molecule has 2 heterocycles. The molecule has 0 saturated carbocycles. The predicted molar refractivity (Wildman–Crippen MR) is 79.9 cm³/mol. The van der Waals surface area contributed by atoms with Crippen LogP contribution in [0.25, 0.3) is 10.2 Å². The number of aromatic nitrogens is 1. The number of rotatable bonds is 2. The second-order valence-electron chi connectivity index (χ2n) is 5.64. The Hall–Kier alpha value is -2.16. The summed E-state index contributed by atoms with van der Waals surface area (Å²) in [5.41, 5.74) is -1.74. The number of ether oxygens (including phenoxy) is 1. The zero-order valence-corrected chi connectivity index (χ0v) is 13.3. The van der Waals surface area contributed by atoms with Crippen LogP contribution in [0, 0.1) is 0 Å². The maximum absolute atomic E-state index is 12.7. The summed E-state index contributed by atoms with van der Waals surface area (Å²) in [5.74, 6) is 0. The van der Waals surface area contributed by atoms with Crippen molar-refractivity contribution in [2.24, 2.45) is 0 Å². The lowest BCUT2D eigenvalue weighted by Crippen LogP contribution is -2.27. The van der Waals surface area contributed by atoms with Crippen LogP contribution in [0.3, 0.4) is 0 Å². The van der Waals surface area contributed by atoms with Crippen molar-refractivity contribution in [3.63, 3.8) is 0 Å². The monoisotopic (exact) mass is 346 g/mol. The fraction of sp³-hybridized carbons (Fsp3) is 0.357. The molecule has 0 fully saturated rings. The summed E-state index contributed by atoms with van der Waals surface area (Å²) in [6.45, 7) is 4.99. The van der Waals surface area contributed by atoms with Crippen molar-refractivity contribution in [1.29, 1.82) is 0 Å². The molecular weight excluding hydrogens is 333 g/mol. The number of amides is 1. The Morgan fingerprint density at radius 2 is 1.96 bits per heavy atom. The van der Waals surface area contributed by atoms with Crippen molar-refractivity contribution in [2.75, 3.05) is 5.32 Å². The van der Waals surface area contributed by atoms with Crippen molar-refractivity contribution in [3.05, 3.63) is 23.4 Å². The van der Waals surface area contributed by atoms with Gasteiger partial charge in [-0.1, -0.05) is 11.3 Å². The van der Waals surface area contributed by atoms with E-state index in [9.17, 15) is 22.8 Å². The summed E-state index contributed by atoms with van der Waals surface area (Å²) in [7, 11) is 0.